The first-order valence-electron chi connectivity index (χ1n) is 6.25. The molecule has 1 N–H and O–H groups in total. The monoisotopic (exact) mass is 319 g/mol. The highest BCUT2D eigenvalue weighted by Gasteiger charge is 2.16. The van der Waals surface area contributed by atoms with Crippen molar-refractivity contribution in [1.82, 2.24) is 5.43 Å². The third-order valence-electron chi connectivity index (χ3n) is 2.83. The number of carbonyl (C=O) groups excluding carboxylic acids is 1. The molecule has 0 spiro atoms. The van der Waals surface area contributed by atoms with Crippen LogP contribution < -0.4 is 5.43 Å². The van der Waals surface area contributed by atoms with Crippen molar-refractivity contribution in [2.24, 2.45) is 5.10 Å². The van der Waals surface area contributed by atoms with Crippen LogP contribution in [0.2, 0.25) is 0 Å². The Bertz CT molecular complexity index is 739. The topological polar surface area (TPSA) is 93.8 Å². The summed E-state index contributed by atoms with van der Waals surface area (Å²) in [6.45, 7) is 1.73. The molecule has 0 atom stereocenters. The maximum Gasteiger partial charge on any atom is 0.427 e. The number of hydrogen-bond donors (Lipinski definition) is 1. The average Bonchev–Trinajstić information content (AvgIpc) is 3.02. The molecular weight excluding hydrogens is 306 g/mol. The first-order valence-corrected chi connectivity index (χ1v) is 7.07. The normalized spacial score (nSPS) is 11.1. The summed E-state index contributed by atoms with van der Waals surface area (Å²) in [4.78, 5) is 23.2. The number of amides is 1. The lowest BCUT2D eigenvalue weighted by molar-refractivity contribution is -0.384. The highest BCUT2D eigenvalue weighted by atomic mass is 32.1. The highest BCUT2D eigenvalue weighted by molar-refractivity contribution is 7.17. The summed E-state index contributed by atoms with van der Waals surface area (Å²) >= 11 is 1.36. The molecule has 114 valence electrons. The second kappa shape index (κ2) is 6.81. The zero-order valence-electron chi connectivity index (χ0n) is 11.9. The molecule has 1 aromatic heterocycles. The van der Waals surface area contributed by atoms with Gasteiger partial charge >= 0.3 is 6.09 Å². The Hall–Kier alpha value is -2.74. The van der Waals surface area contributed by atoms with E-state index in [9.17, 15) is 14.9 Å². The molecule has 1 amide bonds. The van der Waals surface area contributed by atoms with Crippen LogP contribution in [0, 0.1) is 10.1 Å². The summed E-state index contributed by atoms with van der Waals surface area (Å²) in [5.74, 6) is 0. The zero-order chi connectivity index (χ0) is 16.1. The van der Waals surface area contributed by atoms with Gasteiger partial charge in [0, 0.05) is 10.9 Å². The predicted octanol–water partition coefficient (Wildman–Crippen LogP) is 3.40. The maximum absolute atomic E-state index is 11.1. The van der Waals surface area contributed by atoms with Gasteiger partial charge in [-0.25, -0.2) is 10.2 Å². The number of carbonyl (C=O) groups is 1. The van der Waals surface area contributed by atoms with E-state index in [0.29, 0.717) is 11.3 Å². The van der Waals surface area contributed by atoms with Gasteiger partial charge in [-0.05, 0) is 25.1 Å². The molecule has 8 heteroatoms. The number of nitro benzene ring substituents is 1. The number of nitrogens with zero attached hydrogens (tertiary/aromatic N) is 2. The number of para-hydroxylation sites is 1. The molecule has 0 saturated carbocycles. The highest BCUT2D eigenvalue weighted by Crippen LogP contribution is 2.34. The van der Waals surface area contributed by atoms with Crippen LogP contribution in [0.1, 0.15) is 11.8 Å². The molecule has 22 heavy (non-hydrogen) atoms. The van der Waals surface area contributed by atoms with Crippen LogP contribution in [0.3, 0.4) is 0 Å². The van der Waals surface area contributed by atoms with E-state index in [-0.39, 0.29) is 5.69 Å². The van der Waals surface area contributed by atoms with Crippen molar-refractivity contribution in [1.29, 1.82) is 0 Å². The quantitative estimate of drug-likeness (QED) is 0.531. The minimum absolute atomic E-state index is 0.0539. The van der Waals surface area contributed by atoms with Gasteiger partial charge < -0.3 is 4.74 Å². The van der Waals surface area contributed by atoms with E-state index in [1.165, 1.54) is 24.5 Å². The molecule has 0 aliphatic rings. The number of nitrogens with one attached hydrogen (secondary N) is 1. The molecule has 2 rings (SSSR count). The zero-order valence-corrected chi connectivity index (χ0v) is 12.7. The molecule has 0 aliphatic carbocycles. The number of ether oxygens (including phenoxy) is 1. The van der Waals surface area contributed by atoms with Crippen LogP contribution in [0.5, 0.6) is 0 Å². The van der Waals surface area contributed by atoms with E-state index in [2.05, 4.69) is 15.3 Å². The number of hydrogen-bond acceptors (Lipinski definition) is 6. The minimum atomic E-state index is -0.658. The molecular formula is C14H13N3O4S. The van der Waals surface area contributed by atoms with Gasteiger partial charge in [0.25, 0.3) is 5.69 Å². The molecule has 2 aromatic rings. The average molecular weight is 319 g/mol. The third-order valence-corrected chi connectivity index (χ3v) is 4.06. The SMILES string of the molecule is COC(=O)NN=C(C)c1ccc(-c2ccccc2[N+](=O)[O-])s1. The lowest BCUT2D eigenvalue weighted by Gasteiger charge is -2.00. The predicted molar refractivity (Wildman–Crippen MR) is 84.2 cm³/mol. The molecule has 0 aliphatic heterocycles. The summed E-state index contributed by atoms with van der Waals surface area (Å²) in [5.41, 5.74) is 3.43. The van der Waals surface area contributed by atoms with E-state index in [1.54, 1.807) is 37.3 Å². The van der Waals surface area contributed by atoms with Gasteiger partial charge in [0.2, 0.25) is 0 Å². The summed E-state index contributed by atoms with van der Waals surface area (Å²) in [5, 5.41) is 15.0. The minimum Gasteiger partial charge on any atom is -0.452 e. The van der Waals surface area contributed by atoms with Gasteiger partial charge in [-0.2, -0.15) is 5.10 Å². The Morgan fingerprint density at radius 2 is 2.05 bits per heavy atom. The number of benzene rings is 1. The first-order chi connectivity index (χ1) is 10.5. The van der Waals surface area contributed by atoms with Crippen molar-refractivity contribution in [3.63, 3.8) is 0 Å². The number of thiophene rings is 1. The Morgan fingerprint density at radius 3 is 2.73 bits per heavy atom. The Labute approximate surface area is 130 Å². The Balaban J connectivity index is 2.29. The fourth-order valence-electron chi connectivity index (χ4n) is 1.75. The maximum atomic E-state index is 11.1. The van der Waals surface area contributed by atoms with Gasteiger partial charge in [-0.1, -0.05) is 12.1 Å². The van der Waals surface area contributed by atoms with Crippen molar-refractivity contribution in [3.05, 3.63) is 51.4 Å². The Kier molecular flexibility index (Phi) is 4.84. The van der Waals surface area contributed by atoms with Gasteiger partial charge in [-0.15, -0.1) is 11.3 Å². The van der Waals surface area contributed by atoms with Crippen molar-refractivity contribution < 1.29 is 14.5 Å². The van der Waals surface area contributed by atoms with Crippen molar-refractivity contribution in [2.45, 2.75) is 6.92 Å². The van der Waals surface area contributed by atoms with Crippen LogP contribution in [0.25, 0.3) is 10.4 Å². The standard InChI is InChI=1S/C14H13N3O4S/c1-9(15-16-14(18)21-2)12-7-8-13(22-12)10-5-3-4-6-11(10)17(19)20/h3-8H,1-2H3,(H,16,18). The molecule has 0 radical (unpaired) electrons. The van der Waals surface area contributed by atoms with Crippen molar-refractivity contribution in [2.75, 3.05) is 7.11 Å². The number of rotatable bonds is 4. The fraction of sp³-hybridized carbons (Fsp3) is 0.143. The molecule has 1 aromatic carbocycles. The number of hydrazone groups is 1. The second-order valence-electron chi connectivity index (χ2n) is 4.24. The first kappa shape index (κ1) is 15.6. The fourth-order valence-corrected chi connectivity index (χ4v) is 2.73. The summed E-state index contributed by atoms with van der Waals surface area (Å²) in [7, 11) is 1.25. The van der Waals surface area contributed by atoms with Crippen molar-refractivity contribution >= 4 is 28.8 Å². The molecule has 0 fully saturated rings. The van der Waals surface area contributed by atoms with Gasteiger partial charge in [0.05, 0.1) is 28.2 Å². The number of nitro groups is 1. The van der Waals surface area contributed by atoms with Crippen LogP contribution >= 0.6 is 11.3 Å². The number of methoxy groups -OCH3 is 1. The lowest BCUT2D eigenvalue weighted by Crippen LogP contribution is -2.18. The third kappa shape index (κ3) is 3.47. The molecule has 0 unspecified atom stereocenters. The van der Waals surface area contributed by atoms with Crippen LogP contribution in [0.15, 0.2) is 41.5 Å². The second-order valence-corrected chi connectivity index (χ2v) is 5.32. The van der Waals surface area contributed by atoms with Crippen LogP contribution in [0.4, 0.5) is 10.5 Å². The smallest absolute Gasteiger partial charge is 0.427 e. The largest absolute Gasteiger partial charge is 0.452 e. The van der Waals surface area contributed by atoms with Crippen LogP contribution in [-0.2, 0) is 4.74 Å². The van der Waals surface area contributed by atoms with Crippen LogP contribution in [-0.4, -0.2) is 23.8 Å². The van der Waals surface area contributed by atoms with E-state index in [4.69, 9.17) is 0 Å². The van der Waals surface area contributed by atoms with E-state index < -0.39 is 11.0 Å². The molecule has 1 heterocycles. The summed E-state index contributed by atoms with van der Waals surface area (Å²) < 4.78 is 4.42. The summed E-state index contributed by atoms with van der Waals surface area (Å²) in [6.07, 6.45) is -0.658. The summed E-state index contributed by atoms with van der Waals surface area (Å²) in [6, 6.07) is 10.1. The lowest BCUT2D eigenvalue weighted by atomic mass is 10.1. The van der Waals surface area contributed by atoms with Gasteiger partial charge in [0.1, 0.15) is 0 Å². The van der Waals surface area contributed by atoms with E-state index >= 15 is 0 Å². The molecule has 0 bridgehead atoms. The molecule has 0 saturated heterocycles. The van der Waals surface area contributed by atoms with Gasteiger partial charge in [0.15, 0.2) is 0 Å². The van der Waals surface area contributed by atoms with E-state index in [1.807, 2.05) is 0 Å². The van der Waals surface area contributed by atoms with Gasteiger partial charge in [-0.3, -0.25) is 10.1 Å². The Morgan fingerprint density at radius 1 is 1.32 bits per heavy atom. The van der Waals surface area contributed by atoms with Crippen molar-refractivity contribution in [3.8, 4) is 10.4 Å². The molecule has 7 nitrogen and oxygen atoms in total. The van der Waals surface area contributed by atoms with E-state index in [0.717, 1.165) is 9.75 Å².